The summed E-state index contributed by atoms with van der Waals surface area (Å²) in [6.45, 7) is 5.49. The van der Waals surface area contributed by atoms with E-state index in [2.05, 4.69) is 39.9 Å². The van der Waals surface area contributed by atoms with E-state index in [0.717, 1.165) is 15.8 Å². The van der Waals surface area contributed by atoms with Crippen LogP contribution in [0.1, 0.15) is 19.4 Å². The van der Waals surface area contributed by atoms with Gasteiger partial charge in [0.15, 0.2) is 5.65 Å². The van der Waals surface area contributed by atoms with Crippen molar-refractivity contribution in [3.63, 3.8) is 0 Å². The topological polar surface area (TPSA) is 63.0 Å². The Morgan fingerprint density at radius 1 is 1.25 bits per heavy atom. The quantitative estimate of drug-likeness (QED) is 0.598. The van der Waals surface area contributed by atoms with Gasteiger partial charge in [-0.3, -0.25) is 4.90 Å². The minimum Gasteiger partial charge on any atom is -0.497 e. The molecule has 1 fully saturated rings. The number of urea groups is 1. The number of carbonyl (C=O) groups is 1. The van der Waals surface area contributed by atoms with Crippen molar-refractivity contribution >= 4 is 33.4 Å². The van der Waals surface area contributed by atoms with Crippen molar-refractivity contribution in [2.45, 2.75) is 26.4 Å². The van der Waals surface area contributed by atoms with Gasteiger partial charge < -0.3 is 9.64 Å². The third-order valence-electron chi connectivity index (χ3n) is 5.08. The van der Waals surface area contributed by atoms with Gasteiger partial charge in [0.05, 0.1) is 23.8 Å². The summed E-state index contributed by atoms with van der Waals surface area (Å²) in [6, 6.07) is 9.70. The molecule has 0 saturated carbocycles. The smallest absolute Gasteiger partial charge is 0.326 e. The summed E-state index contributed by atoms with van der Waals surface area (Å²) >= 11 is 3.47. The van der Waals surface area contributed by atoms with Crippen LogP contribution in [0.5, 0.6) is 5.75 Å². The second-order valence-corrected chi connectivity index (χ2v) is 8.09. The van der Waals surface area contributed by atoms with Gasteiger partial charge in [-0.05, 0) is 45.6 Å². The number of anilines is 1. The number of methoxy groups -OCH3 is 1. The summed E-state index contributed by atoms with van der Waals surface area (Å²) in [6.07, 6.45) is 3.53. The summed E-state index contributed by atoms with van der Waals surface area (Å²) in [5.74, 6) is 1.76. The van der Waals surface area contributed by atoms with Crippen molar-refractivity contribution in [3.05, 3.63) is 52.8 Å². The number of hydrogen-bond donors (Lipinski definition) is 0. The monoisotopic (exact) mass is 443 g/mol. The highest BCUT2D eigenvalue weighted by Gasteiger charge is 2.40. The average molecular weight is 444 g/mol. The first-order chi connectivity index (χ1) is 13.5. The Morgan fingerprint density at radius 2 is 2.00 bits per heavy atom. The van der Waals surface area contributed by atoms with Crippen LogP contribution in [0.4, 0.5) is 10.6 Å². The Balaban J connectivity index is 1.63. The largest absolute Gasteiger partial charge is 0.497 e. The second-order valence-electron chi connectivity index (χ2n) is 7.24. The van der Waals surface area contributed by atoms with E-state index in [9.17, 15) is 4.79 Å². The predicted molar refractivity (Wildman–Crippen MR) is 111 cm³/mol. The molecule has 1 aliphatic heterocycles. The van der Waals surface area contributed by atoms with Crippen molar-refractivity contribution in [3.8, 4) is 5.75 Å². The van der Waals surface area contributed by atoms with Crippen molar-refractivity contribution in [1.29, 1.82) is 0 Å². The minimum absolute atomic E-state index is 0.0259. The van der Waals surface area contributed by atoms with Crippen molar-refractivity contribution in [2.24, 2.45) is 5.92 Å². The predicted octanol–water partition coefficient (Wildman–Crippen LogP) is 3.97. The molecule has 1 saturated heterocycles. The number of benzene rings is 1. The first kappa shape index (κ1) is 18.7. The minimum atomic E-state index is -0.0259. The first-order valence-corrected chi connectivity index (χ1v) is 9.98. The molecule has 0 bridgehead atoms. The molecule has 3 aromatic rings. The average Bonchev–Trinajstić information content (AvgIpc) is 3.23. The van der Waals surface area contributed by atoms with Gasteiger partial charge in [0.2, 0.25) is 0 Å². The molecule has 2 amide bonds. The van der Waals surface area contributed by atoms with Crippen LogP contribution >= 0.6 is 15.9 Å². The molecule has 4 rings (SSSR count). The third kappa shape index (κ3) is 3.32. The summed E-state index contributed by atoms with van der Waals surface area (Å²) in [4.78, 5) is 21.6. The Bertz CT molecular complexity index is 1000. The Kier molecular flexibility index (Phi) is 4.97. The molecule has 1 atom stereocenters. The number of halogens is 1. The van der Waals surface area contributed by atoms with E-state index in [1.54, 1.807) is 17.8 Å². The number of carbonyl (C=O) groups excluding carboxylic acids is 1. The highest BCUT2D eigenvalue weighted by atomic mass is 79.9. The lowest BCUT2D eigenvalue weighted by molar-refractivity contribution is 0.218. The molecule has 8 heteroatoms. The molecule has 0 unspecified atom stereocenters. The van der Waals surface area contributed by atoms with E-state index in [1.807, 2.05) is 46.3 Å². The van der Waals surface area contributed by atoms with Crippen LogP contribution in [0.25, 0.3) is 5.65 Å². The van der Waals surface area contributed by atoms with Crippen molar-refractivity contribution in [2.75, 3.05) is 18.6 Å². The maximum Gasteiger partial charge on any atom is 0.326 e. The van der Waals surface area contributed by atoms with Crippen LogP contribution in [0.3, 0.4) is 0 Å². The summed E-state index contributed by atoms with van der Waals surface area (Å²) in [5.41, 5.74) is 1.77. The lowest BCUT2D eigenvalue weighted by Gasteiger charge is -2.25. The van der Waals surface area contributed by atoms with E-state index >= 15 is 0 Å². The van der Waals surface area contributed by atoms with Gasteiger partial charge in [-0.2, -0.15) is 5.10 Å². The number of amides is 2. The molecular formula is C20H22BrN5O2. The van der Waals surface area contributed by atoms with Crippen molar-refractivity contribution < 1.29 is 9.53 Å². The number of ether oxygens (including phenoxy) is 1. The van der Waals surface area contributed by atoms with Gasteiger partial charge in [-0.1, -0.05) is 26.0 Å². The summed E-state index contributed by atoms with van der Waals surface area (Å²) in [5, 5.41) is 4.23. The standard InChI is InChI=1S/C20H22BrN5O2/c1-13(2)17-12-24(11-14-4-6-15(28-3)7-5-14)20(27)26(17)18-8-9-25-19(23-18)16(21)10-22-25/h4-10,13,17H,11-12H2,1-3H3/t17-/m1/s1. The fraction of sp³-hybridized carbons (Fsp3) is 0.350. The maximum atomic E-state index is 13.3. The zero-order valence-corrected chi connectivity index (χ0v) is 17.6. The Hall–Kier alpha value is -2.61. The SMILES string of the molecule is COc1ccc(CN2C[C@H](C(C)C)N(c3ccn4ncc(Br)c4n3)C2=O)cc1. The molecule has 3 heterocycles. The Morgan fingerprint density at radius 3 is 2.68 bits per heavy atom. The molecule has 7 nitrogen and oxygen atoms in total. The number of fused-ring (bicyclic) bond motifs is 1. The number of rotatable bonds is 5. The molecule has 1 aliphatic rings. The van der Waals surface area contributed by atoms with Crippen LogP contribution in [-0.2, 0) is 6.54 Å². The molecule has 0 spiro atoms. The third-order valence-corrected chi connectivity index (χ3v) is 5.64. The molecule has 0 aliphatic carbocycles. The molecule has 1 aromatic carbocycles. The number of nitrogens with zero attached hydrogens (tertiary/aromatic N) is 5. The van der Waals surface area contributed by atoms with Crippen LogP contribution in [0.15, 0.2) is 47.2 Å². The van der Waals surface area contributed by atoms with Crippen LogP contribution in [-0.4, -0.2) is 45.2 Å². The number of hydrogen-bond acceptors (Lipinski definition) is 4. The first-order valence-electron chi connectivity index (χ1n) is 9.19. The fourth-order valence-corrected chi connectivity index (χ4v) is 3.87. The molecule has 0 N–H and O–H groups in total. The molecule has 2 aromatic heterocycles. The molecule has 0 radical (unpaired) electrons. The normalized spacial score (nSPS) is 17.2. The van der Waals surface area contributed by atoms with Gasteiger partial charge >= 0.3 is 6.03 Å². The van der Waals surface area contributed by atoms with Gasteiger partial charge in [0.25, 0.3) is 0 Å². The molecule has 146 valence electrons. The van der Waals surface area contributed by atoms with Crippen LogP contribution in [0.2, 0.25) is 0 Å². The van der Waals surface area contributed by atoms with Crippen molar-refractivity contribution in [1.82, 2.24) is 19.5 Å². The van der Waals surface area contributed by atoms with Crippen LogP contribution < -0.4 is 9.64 Å². The lowest BCUT2D eigenvalue weighted by Crippen LogP contribution is -2.38. The second kappa shape index (κ2) is 7.43. The van der Waals surface area contributed by atoms with E-state index in [0.29, 0.717) is 30.5 Å². The van der Waals surface area contributed by atoms with E-state index in [4.69, 9.17) is 4.74 Å². The van der Waals surface area contributed by atoms with Crippen LogP contribution in [0, 0.1) is 5.92 Å². The van der Waals surface area contributed by atoms with E-state index in [-0.39, 0.29) is 12.1 Å². The van der Waals surface area contributed by atoms with E-state index < -0.39 is 0 Å². The fourth-order valence-electron chi connectivity index (χ4n) is 3.51. The lowest BCUT2D eigenvalue weighted by atomic mass is 10.0. The van der Waals surface area contributed by atoms with E-state index in [1.165, 1.54) is 0 Å². The zero-order valence-electron chi connectivity index (χ0n) is 16.0. The van der Waals surface area contributed by atoms with Gasteiger partial charge in [-0.15, -0.1) is 0 Å². The maximum absolute atomic E-state index is 13.3. The number of aromatic nitrogens is 3. The van der Waals surface area contributed by atoms with Gasteiger partial charge in [-0.25, -0.2) is 14.3 Å². The highest BCUT2D eigenvalue weighted by Crippen LogP contribution is 2.30. The van der Waals surface area contributed by atoms with Gasteiger partial charge in [0.1, 0.15) is 11.6 Å². The summed E-state index contributed by atoms with van der Waals surface area (Å²) < 4.78 is 7.70. The highest BCUT2D eigenvalue weighted by molar-refractivity contribution is 9.10. The zero-order chi connectivity index (χ0) is 19.8. The molecule has 28 heavy (non-hydrogen) atoms. The van der Waals surface area contributed by atoms with Gasteiger partial charge in [0, 0.05) is 19.3 Å². The summed E-state index contributed by atoms with van der Waals surface area (Å²) in [7, 11) is 1.65. The molecular weight excluding hydrogens is 422 g/mol. The Labute approximate surface area is 172 Å².